The summed E-state index contributed by atoms with van der Waals surface area (Å²) in [4.78, 5) is 20.0. The Morgan fingerprint density at radius 3 is 2.46 bits per heavy atom. The van der Waals surface area contributed by atoms with E-state index in [0.717, 1.165) is 22.2 Å². The summed E-state index contributed by atoms with van der Waals surface area (Å²) >= 11 is 6.39. The van der Waals surface area contributed by atoms with E-state index >= 15 is 0 Å². The zero-order valence-electron chi connectivity index (χ0n) is 20.2. The number of nitrogens with zero attached hydrogens (tertiary/aromatic N) is 2. The van der Waals surface area contributed by atoms with E-state index < -0.39 is 11.7 Å². The number of carbonyl (C=O) groups excluding carboxylic acids is 1. The van der Waals surface area contributed by atoms with Crippen LogP contribution in [-0.2, 0) is 12.6 Å². The van der Waals surface area contributed by atoms with Gasteiger partial charge >= 0.3 is 6.18 Å². The van der Waals surface area contributed by atoms with E-state index in [0.29, 0.717) is 27.9 Å². The lowest BCUT2D eigenvalue weighted by molar-refractivity contribution is -0.137. The Balaban J connectivity index is 1.81. The lowest BCUT2D eigenvalue weighted by Gasteiger charge is -2.16. The fourth-order valence-electron chi connectivity index (χ4n) is 3.52. The van der Waals surface area contributed by atoms with Crippen molar-refractivity contribution in [2.75, 3.05) is 14.1 Å². The molecule has 35 heavy (non-hydrogen) atoms. The molecule has 0 saturated heterocycles. The van der Waals surface area contributed by atoms with Crippen molar-refractivity contribution in [2.24, 2.45) is 0 Å². The molecule has 0 atom stereocenters. The summed E-state index contributed by atoms with van der Waals surface area (Å²) in [6, 6.07) is 10.6. The van der Waals surface area contributed by atoms with E-state index in [4.69, 9.17) is 17.0 Å². The quantitative estimate of drug-likeness (QED) is 0.242. The standard InChI is InChI=1S/C26H27F3N2O2S2/c1-15(2)23-22(35-24(30-23)18-8-6-7-9-19(18)26(27,28)29)13-11-20(32)17-10-12-21(16(3)14-17)33-25(34)31(4)5/h6-10,12,14-15H,11,13H2,1-5H3. The first kappa shape index (κ1) is 26.8. The number of carbonyl (C=O) groups is 1. The lowest BCUT2D eigenvalue weighted by atomic mass is 10.0. The number of aromatic nitrogens is 1. The van der Waals surface area contributed by atoms with Gasteiger partial charge in [-0.1, -0.05) is 32.0 Å². The number of halogens is 3. The van der Waals surface area contributed by atoms with Crippen molar-refractivity contribution >= 4 is 34.5 Å². The molecule has 0 N–H and O–H groups in total. The van der Waals surface area contributed by atoms with Gasteiger partial charge in [-0.15, -0.1) is 11.3 Å². The van der Waals surface area contributed by atoms with Crippen molar-refractivity contribution in [3.05, 3.63) is 69.7 Å². The van der Waals surface area contributed by atoms with Gasteiger partial charge in [0.1, 0.15) is 10.8 Å². The van der Waals surface area contributed by atoms with E-state index in [1.807, 2.05) is 20.8 Å². The highest BCUT2D eigenvalue weighted by molar-refractivity contribution is 7.80. The van der Waals surface area contributed by atoms with Gasteiger partial charge in [-0.3, -0.25) is 4.79 Å². The average molecular weight is 521 g/mol. The second kappa shape index (κ2) is 10.9. The molecule has 4 nitrogen and oxygen atoms in total. The predicted octanol–water partition coefficient (Wildman–Crippen LogP) is 7.30. The zero-order valence-corrected chi connectivity index (χ0v) is 21.8. The van der Waals surface area contributed by atoms with Crippen LogP contribution in [0.15, 0.2) is 42.5 Å². The van der Waals surface area contributed by atoms with E-state index in [2.05, 4.69) is 4.98 Å². The van der Waals surface area contributed by atoms with Crippen molar-refractivity contribution in [1.82, 2.24) is 9.88 Å². The molecule has 0 saturated carbocycles. The number of ketones is 1. The Morgan fingerprint density at radius 2 is 1.86 bits per heavy atom. The minimum atomic E-state index is -4.47. The molecule has 0 unspecified atom stereocenters. The van der Waals surface area contributed by atoms with Crippen LogP contribution in [0, 0.1) is 6.92 Å². The van der Waals surface area contributed by atoms with E-state index in [1.165, 1.54) is 23.5 Å². The highest BCUT2D eigenvalue weighted by atomic mass is 32.1. The van der Waals surface area contributed by atoms with Crippen LogP contribution in [0.1, 0.15) is 58.2 Å². The summed E-state index contributed by atoms with van der Waals surface area (Å²) in [6.07, 6.45) is -3.85. The molecule has 0 aliphatic carbocycles. The summed E-state index contributed by atoms with van der Waals surface area (Å²) in [5, 5.41) is 0.639. The number of Topliss-reactive ketones (excluding diaryl/α,β-unsaturated/α-hetero) is 1. The first-order valence-electron chi connectivity index (χ1n) is 11.1. The number of ether oxygens (including phenoxy) is 1. The summed E-state index contributed by atoms with van der Waals surface area (Å²) < 4.78 is 46.2. The molecule has 3 rings (SSSR count). The van der Waals surface area contributed by atoms with E-state index in [1.54, 1.807) is 43.3 Å². The molecule has 3 aromatic rings. The van der Waals surface area contributed by atoms with Crippen LogP contribution in [0.4, 0.5) is 13.2 Å². The Labute approximate surface area is 212 Å². The molecule has 9 heteroatoms. The third-order valence-corrected chi connectivity index (χ3v) is 6.99. The largest absolute Gasteiger partial charge is 0.432 e. The van der Waals surface area contributed by atoms with Crippen LogP contribution in [0.2, 0.25) is 0 Å². The molecule has 186 valence electrons. The Bertz CT molecular complexity index is 1230. The highest BCUT2D eigenvalue weighted by Crippen LogP contribution is 2.40. The number of thiazole rings is 1. The van der Waals surface area contributed by atoms with Gasteiger partial charge in [0, 0.05) is 36.5 Å². The first-order chi connectivity index (χ1) is 16.4. The monoisotopic (exact) mass is 520 g/mol. The molecular weight excluding hydrogens is 493 g/mol. The SMILES string of the molecule is Cc1cc(C(=O)CCc2sc(-c3ccccc3C(F)(F)F)nc2C(C)C)ccc1OC(=S)N(C)C. The second-order valence-electron chi connectivity index (χ2n) is 8.69. The van der Waals surface area contributed by atoms with Crippen molar-refractivity contribution in [1.29, 1.82) is 0 Å². The minimum absolute atomic E-state index is 0.0161. The van der Waals surface area contributed by atoms with Crippen LogP contribution in [0.5, 0.6) is 5.75 Å². The maximum Gasteiger partial charge on any atom is 0.417 e. The number of hydrogen-bond acceptors (Lipinski definition) is 5. The van der Waals surface area contributed by atoms with Crippen LogP contribution in [0.25, 0.3) is 10.6 Å². The van der Waals surface area contributed by atoms with Gasteiger partial charge in [0.05, 0.1) is 11.3 Å². The molecule has 1 aromatic heterocycles. The Kier molecular flexibility index (Phi) is 8.33. The minimum Gasteiger partial charge on any atom is -0.432 e. The normalized spacial score (nSPS) is 11.6. The maximum atomic E-state index is 13.5. The lowest BCUT2D eigenvalue weighted by Crippen LogP contribution is -2.25. The van der Waals surface area contributed by atoms with Gasteiger partial charge < -0.3 is 9.64 Å². The van der Waals surface area contributed by atoms with Crippen molar-refractivity contribution in [2.45, 2.75) is 45.7 Å². The molecule has 0 aliphatic heterocycles. The summed E-state index contributed by atoms with van der Waals surface area (Å²) in [5.41, 5.74) is 1.41. The second-order valence-corrected chi connectivity index (χ2v) is 10.1. The molecule has 0 fully saturated rings. The predicted molar refractivity (Wildman–Crippen MR) is 137 cm³/mol. The van der Waals surface area contributed by atoms with Crippen LogP contribution in [0.3, 0.4) is 0 Å². The van der Waals surface area contributed by atoms with Gasteiger partial charge in [0.2, 0.25) is 0 Å². The Morgan fingerprint density at radius 1 is 1.17 bits per heavy atom. The van der Waals surface area contributed by atoms with E-state index in [9.17, 15) is 18.0 Å². The molecule has 0 bridgehead atoms. The smallest absolute Gasteiger partial charge is 0.417 e. The van der Waals surface area contributed by atoms with Crippen LogP contribution in [-0.4, -0.2) is 34.9 Å². The molecule has 2 aromatic carbocycles. The molecule has 0 spiro atoms. The third-order valence-electron chi connectivity index (χ3n) is 5.38. The van der Waals surface area contributed by atoms with E-state index in [-0.39, 0.29) is 23.7 Å². The number of thiocarbonyl (C=S) groups is 1. The topological polar surface area (TPSA) is 42.4 Å². The van der Waals surface area contributed by atoms with Gasteiger partial charge in [0.15, 0.2) is 5.78 Å². The molecular formula is C26H27F3N2O2S2. The van der Waals surface area contributed by atoms with Crippen molar-refractivity contribution < 1.29 is 22.7 Å². The average Bonchev–Trinajstić information content (AvgIpc) is 3.22. The Hall–Kier alpha value is -2.78. The van der Waals surface area contributed by atoms with Gasteiger partial charge in [-0.05, 0) is 61.3 Å². The number of benzene rings is 2. The number of aryl methyl sites for hydroxylation is 2. The zero-order chi connectivity index (χ0) is 25.9. The molecule has 1 heterocycles. The van der Waals surface area contributed by atoms with Crippen LogP contribution < -0.4 is 4.74 Å². The fraction of sp³-hybridized carbons (Fsp3) is 0.346. The summed E-state index contributed by atoms with van der Waals surface area (Å²) in [5.74, 6) is 0.537. The molecule has 0 radical (unpaired) electrons. The van der Waals surface area contributed by atoms with Crippen molar-refractivity contribution in [3.63, 3.8) is 0 Å². The third kappa shape index (κ3) is 6.46. The number of hydrogen-bond donors (Lipinski definition) is 0. The summed E-state index contributed by atoms with van der Waals surface area (Å²) in [6.45, 7) is 5.73. The highest BCUT2D eigenvalue weighted by Gasteiger charge is 2.34. The first-order valence-corrected chi connectivity index (χ1v) is 12.3. The summed E-state index contributed by atoms with van der Waals surface area (Å²) in [7, 11) is 3.57. The van der Waals surface area contributed by atoms with Gasteiger partial charge in [0.25, 0.3) is 5.17 Å². The van der Waals surface area contributed by atoms with Crippen LogP contribution >= 0.6 is 23.6 Å². The fourth-order valence-corrected chi connectivity index (χ4v) is 4.87. The molecule has 0 aliphatic rings. The van der Waals surface area contributed by atoms with Crippen molar-refractivity contribution in [3.8, 4) is 16.3 Å². The molecule has 0 amide bonds. The number of rotatable bonds is 7. The van der Waals surface area contributed by atoms with Gasteiger partial charge in [-0.2, -0.15) is 13.2 Å². The maximum absolute atomic E-state index is 13.5. The number of alkyl halides is 3. The van der Waals surface area contributed by atoms with Gasteiger partial charge in [-0.25, -0.2) is 4.98 Å².